The minimum atomic E-state index is -0.140. The number of ether oxygens (including phenoxy) is 4. The third-order valence-electron chi connectivity index (χ3n) is 4.26. The highest BCUT2D eigenvalue weighted by atomic mass is 16.6. The molecule has 0 aliphatic carbocycles. The van der Waals surface area contributed by atoms with Crippen molar-refractivity contribution in [3.8, 4) is 23.0 Å². The molecular formula is C20H23NO5. The normalized spacial score (nSPS) is 13.7. The first-order valence-electron chi connectivity index (χ1n) is 8.50. The molecule has 138 valence electrons. The Morgan fingerprint density at radius 2 is 1.77 bits per heavy atom. The largest absolute Gasteiger partial charge is 0.493 e. The molecule has 1 aliphatic heterocycles. The van der Waals surface area contributed by atoms with Crippen molar-refractivity contribution < 1.29 is 23.7 Å². The van der Waals surface area contributed by atoms with Crippen LogP contribution in [0.15, 0.2) is 36.4 Å². The SMILES string of the molecule is COc1ccc(CC(=O)N[C@@H](C)c2ccc3c(c2)OCCO3)cc1OC. The van der Waals surface area contributed by atoms with Crippen LogP contribution in [0.2, 0.25) is 0 Å². The molecule has 0 saturated carbocycles. The summed E-state index contributed by atoms with van der Waals surface area (Å²) < 4.78 is 21.6. The van der Waals surface area contributed by atoms with E-state index in [1.807, 2.05) is 37.3 Å². The number of carbonyl (C=O) groups is 1. The topological polar surface area (TPSA) is 66.0 Å². The van der Waals surface area contributed by atoms with Crippen molar-refractivity contribution in [1.29, 1.82) is 0 Å². The summed E-state index contributed by atoms with van der Waals surface area (Å²) in [5, 5.41) is 3.01. The zero-order valence-corrected chi connectivity index (χ0v) is 15.2. The number of benzene rings is 2. The zero-order valence-electron chi connectivity index (χ0n) is 15.2. The fourth-order valence-corrected chi connectivity index (χ4v) is 2.88. The van der Waals surface area contributed by atoms with E-state index in [2.05, 4.69) is 5.32 Å². The lowest BCUT2D eigenvalue weighted by Gasteiger charge is -2.21. The Labute approximate surface area is 153 Å². The van der Waals surface area contributed by atoms with Gasteiger partial charge >= 0.3 is 0 Å². The number of carbonyl (C=O) groups excluding carboxylic acids is 1. The Bertz CT molecular complexity index is 790. The molecule has 6 heteroatoms. The molecule has 2 aromatic rings. The molecule has 26 heavy (non-hydrogen) atoms. The van der Waals surface area contributed by atoms with Crippen LogP contribution in [0.25, 0.3) is 0 Å². The van der Waals surface area contributed by atoms with E-state index in [0.29, 0.717) is 24.7 Å². The lowest BCUT2D eigenvalue weighted by atomic mass is 10.1. The summed E-state index contributed by atoms with van der Waals surface area (Å²) in [6.07, 6.45) is 0.259. The van der Waals surface area contributed by atoms with E-state index in [1.54, 1.807) is 20.3 Å². The summed E-state index contributed by atoms with van der Waals surface area (Å²) in [4.78, 5) is 12.4. The summed E-state index contributed by atoms with van der Waals surface area (Å²) in [6, 6.07) is 11.1. The number of hydrogen-bond donors (Lipinski definition) is 1. The van der Waals surface area contributed by atoms with Crippen molar-refractivity contribution in [2.45, 2.75) is 19.4 Å². The molecule has 0 radical (unpaired) electrons. The van der Waals surface area contributed by atoms with Crippen LogP contribution in [0.3, 0.4) is 0 Å². The Hall–Kier alpha value is -2.89. The molecule has 1 N–H and O–H groups in total. The van der Waals surface area contributed by atoms with E-state index in [9.17, 15) is 4.79 Å². The van der Waals surface area contributed by atoms with E-state index in [4.69, 9.17) is 18.9 Å². The number of hydrogen-bond acceptors (Lipinski definition) is 5. The second-order valence-corrected chi connectivity index (χ2v) is 6.06. The summed E-state index contributed by atoms with van der Waals surface area (Å²) in [5.74, 6) is 2.64. The maximum absolute atomic E-state index is 12.4. The van der Waals surface area contributed by atoms with Crippen molar-refractivity contribution in [2.75, 3.05) is 27.4 Å². The molecule has 1 atom stereocenters. The van der Waals surface area contributed by atoms with E-state index in [-0.39, 0.29) is 18.4 Å². The van der Waals surface area contributed by atoms with Crippen LogP contribution in [0.4, 0.5) is 0 Å². The molecule has 0 saturated heterocycles. The summed E-state index contributed by atoms with van der Waals surface area (Å²) >= 11 is 0. The molecule has 2 aromatic carbocycles. The molecule has 0 unspecified atom stereocenters. The first kappa shape index (κ1) is 17.9. The highest BCUT2D eigenvalue weighted by Crippen LogP contribution is 2.32. The standard InChI is InChI=1S/C20H23NO5/c1-13(15-5-7-17-19(12-15)26-9-8-25-17)21-20(22)11-14-4-6-16(23-2)18(10-14)24-3/h4-7,10,12-13H,8-9,11H2,1-3H3,(H,21,22)/t13-/m0/s1. The third-order valence-corrected chi connectivity index (χ3v) is 4.26. The van der Waals surface area contributed by atoms with Crippen LogP contribution in [0, 0.1) is 0 Å². The summed E-state index contributed by atoms with van der Waals surface area (Å²) in [7, 11) is 3.16. The zero-order chi connectivity index (χ0) is 18.5. The molecule has 0 fully saturated rings. The minimum absolute atomic E-state index is 0.0698. The predicted molar refractivity (Wildman–Crippen MR) is 97.2 cm³/mol. The monoisotopic (exact) mass is 357 g/mol. The third kappa shape index (κ3) is 4.02. The van der Waals surface area contributed by atoms with Gasteiger partial charge in [-0.25, -0.2) is 0 Å². The van der Waals surface area contributed by atoms with Gasteiger partial charge in [0, 0.05) is 0 Å². The summed E-state index contributed by atoms with van der Waals surface area (Å²) in [6.45, 7) is 3.04. The van der Waals surface area contributed by atoms with Gasteiger partial charge in [0.1, 0.15) is 13.2 Å². The Morgan fingerprint density at radius 1 is 1.04 bits per heavy atom. The average Bonchev–Trinajstić information content (AvgIpc) is 2.67. The van der Waals surface area contributed by atoms with Gasteiger partial charge in [-0.2, -0.15) is 0 Å². The van der Waals surface area contributed by atoms with Crippen molar-refractivity contribution in [2.24, 2.45) is 0 Å². The molecule has 0 aromatic heterocycles. The quantitative estimate of drug-likeness (QED) is 0.861. The van der Waals surface area contributed by atoms with Gasteiger partial charge in [-0.15, -0.1) is 0 Å². The van der Waals surface area contributed by atoms with Crippen LogP contribution in [0.5, 0.6) is 23.0 Å². The Morgan fingerprint density at radius 3 is 2.50 bits per heavy atom. The fraction of sp³-hybridized carbons (Fsp3) is 0.350. The Kier molecular flexibility index (Phi) is 5.51. The molecule has 0 spiro atoms. The van der Waals surface area contributed by atoms with Gasteiger partial charge < -0.3 is 24.3 Å². The van der Waals surface area contributed by atoms with Gasteiger partial charge in [-0.3, -0.25) is 4.79 Å². The average molecular weight is 357 g/mol. The Balaban J connectivity index is 1.64. The summed E-state index contributed by atoms with van der Waals surface area (Å²) in [5.41, 5.74) is 1.82. The maximum Gasteiger partial charge on any atom is 0.224 e. The molecule has 1 amide bonds. The van der Waals surface area contributed by atoms with Gasteiger partial charge in [0.15, 0.2) is 23.0 Å². The van der Waals surface area contributed by atoms with Gasteiger partial charge in [-0.1, -0.05) is 12.1 Å². The highest BCUT2D eigenvalue weighted by Gasteiger charge is 2.16. The minimum Gasteiger partial charge on any atom is -0.493 e. The molecule has 0 bridgehead atoms. The van der Waals surface area contributed by atoms with Crippen LogP contribution in [-0.4, -0.2) is 33.3 Å². The molecule has 1 aliphatic rings. The van der Waals surface area contributed by atoms with E-state index in [1.165, 1.54) is 0 Å². The molecular weight excluding hydrogens is 334 g/mol. The number of nitrogens with one attached hydrogen (secondary N) is 1. The van der Waals surface area contributed by atoms with E-state index in [0.717, 1.165) is 22.6 Å². The maximum atomic E-state index is 12.4. The first-order chi connectivity index (χ1) is 12.6. The van der Waals surface area contributed by atoms with Crippen molar-refractivity contribution >= 4 is 5.91 Å². The number of rotatable bonds is 6. The van der Waals surface area contributed by atoms with Crippen molar-refractivity contribution in [3.05, 3.63) is 47.5 Å². The first-order valence-corrected chi connectivity index (χ1v) is 8.50. The molecule has 6 nitrogen and oxygen atoms in total. The molecule has 3 rings (SSSR count). The second kappa shape index (κ2) is 7.99. The lowest BCUT2D eigenvalue weighted by molar-refractivity contribution is -0.121. The fourth-order valence-electron chi connectivity index (χ4n) is 2.88. The van der Waals surface area contributed by atoms with Crippen LogP contribution >= 0.6 is 0 Å². The lowest BCUT2D eigenvalue weighted by Crippen LogP contribution is -2.28. The van der Waals surface area contributed by atoms with Crippen molar-refractivity contribution in [1.82, 2.24) is 5.32 Å². The number of methoxy groups -OCH3 is 2. The smallest absolute Gasteiger partial charge is 0.224 e. The van der Waals surface area contributed by atoms with E-state index < -0.39 is 0 Å². The van der Waals surface area contributed by atoms with Crippen LogP contribution in [-0.2, 0) is 11.2 Å². The number of amides is 1. The van der Waals surface area contributed by atoms with Crippen LogP contribution in [0.1, 0.15) is 24.1 Å². The van der Waals surface area contributed by atoms with Gasteiger partial charge in [0.25, 0.3) is 0 Å². The van der Waals surface area contributed by atoms with Crippen molar-refractivity contribution in [3.63, 3.8) is 0 Å². The number of fused-ring (bicyclic) bond motifs is 1. The predicted octanol–water partition coefficient (Wildman–Crippen LogP) is 2.89. The van der Waals surface area contributed by atoms with Gasteiger partial charge in [0.2, 0.25) is 5.91 Å². The van der Waals surface area contributed by atoms with Gasteiger partial charge in [0.05, 0.1) is 26.7 Å². The second-order valence-electron chi connectivity index (χ2n) is 6.06. The van der Waals surface area contributed by atoms with Crippen LogP contribution < -0.4 is 24.3 Å². The van der Waals surface area contributed by atoms with Gasteiger partial charge in [-0.05, 0) is 42.3 Å². The molecule has 1 heterocycles. The highest BCUT2D eigenvalue weighted by molar-refractivity contribution is 5.79. The van der Waals surface area contributed by atoms with E-state index >= 15 is 0 Å².